The van der Waals surface area contributed by atoms with Gasteiger partial charge in [0.2, 0.25) is 0 Å². The lowest BCUT2D eigenvalue weighted by Gasteiger charge is -2.21. The molecule has 0 aliphatic rings. The molecule has 2 aromatic rings. The molecule has 0 aromatic heterocycles. The van der Waals surface area contributed by atoms with Gasteiger partial charge in [-0.1, -0.05) is 74.0 Å². The monoisotopic (exact) mass is 311 g/mol. The second kappa shape index (κ2) is 9.80. The Hall–Kier alpha value is -2.13. The molecule has 0 saturated heterocycles. The number of carbonyl (C=O) groups excluding carboxylic acids is 1. The maximum absolute atomic E-state index is 12.0. The number of nitrogens with zero attached hydrogens (tertiary/aromatic N) is 1. The van der Waals surface area contributed by atoms with Gasteiger partial charge in [-0.15, -0.1) is 0 Å². The molecule has 2 aromatic carbocycles. The first-order valence-corrected chi connectivity index (χ1v) is 8.23. The quantitative estimate of drug-likeness (QED) is 0.517. The van der Waals surface area contributed by atoms with Crippen LogP contribution in [0.5, 0.6) is 0 Å². The average Bonchev–Trinajstić information content (AvgIpc) is 2.57. The van der Waals surface area contributed by atoms with Crippen LogP contribution in [-0.2, 0) is 22.6 Å². The summed E-state index contributed by atoms with van der Waals surface area (Å²) in [6.07, 6.45) is 1.95. The van der Waals surface area contributed by atoms with Gasteiger partial charge in [0, 0.05) is 13.1 Å². The molecular formula is C20H25NO2. The van der Waals surface area contributed by atoms with Crippen molar-refractivity contribution >= 4 is 5.97 Å². The SMILES string of the molecule is CCCCOC(=O)CN(Cc1ccccc1)Cc1ccccc1. The fraction of sp³-hybridized carbons (Fsp3) is 0.350. The first-order valence-electron chi connectivity index (χ1n) is 8.23. The Bertz CT molecular complexity index is 527. The lowest BCUT2D eigenvalue weighted by molar-refractivity contribution is -0.145. The van der Waals surface area contributed by atoms with Gasteiger partial charge in [0.05, 0.1) is 13.2 Å². The third-order valence-corrected chi connectivity index (χ3v) is 3.61. The summed E-state index contributed by atoms with van der Waals surface area (Å²) in [6.45, 7) is 4.38. The number of unbranched alkanes of at least 4 members (excludes halogenated alkanes) is 1. The predicted octanol–water partition coefficient (Wildman–Crippen LogP) is 4.03. The number of hydrogen-bond acceptors (Lipinski definition) is 3. The maximum Gasteiger partial charge on any atom is 0.320 e. The summed E-state index contributed by atoms with van der Waals surface area (Å²) in [4.78, 5) is 14.2. The normalized spacial score (nSPS) is 10.7. The fourth-order valence-corrected chi connectivity index (χ4v) is 2.41. The minimum absolute atomic E-state index is 0.148. The zero-order valence-corrected chi connectivity index (χ0v) is 13.8. The van der Waals surface area contributed by atoms with Crippen molar-refractivity contribution in [2.24, 2.45) is 0 Å². The molecule has 3 heteroatoms. The van der Waals surface area contributed by atoms with Gasteiger partial charge >= 0.3 is 5.97 Å². The Morgan fingerprint density at radius 1 is 0.913 bits per heavy atom. The summed E-state index contributed by atoms with van der Waals surface area (Å²) in [5, 5.41) is 0. The van der Waals surface area contributed by atoms with E-state index in [1.807, 2.05) is 36.4 Å². The van der Waals surface area contributed by atoms with Crippen LogP contribution in [-0.4, -0.2) is 24.0 Å². The van der Waals surface area contributed by atoms with Gasteiger partial charge in [0.25, 0.3) is 0 Å². The third-order valence-electron chi connectivity index (χ3n) is 3.61. The summed E-state index contributed by atoms with van der Waals surface area (Å²) in [5.74, 6) is -0.148. The van der Waals surface area contributed by atoms with Crippen molar-refractivity contribution in [3.8, 4) is 0 Å². The van der Waals surface area contributed by atoms with Crippen molar-refractivity contribution in [3.05, 3.63) is 71.8 Å². The van der Waals surface area contributed by atoms with E-state index in [-0.39, 0.29) is 5.97 Å². The minimum atomic E-state index is -0.148. The molecule has 0 atom stereocenters. The smallest absolute Gasteiger partial charge is 0.320 e. The van der Waals surface area contributed by atoms with E-state index in [1.165, 1.54) is 11.1 Å². The second-order valence-electron chi connectivity index (χ2n) is 5.69. The van der Waals surface area contributed by atoms with Crippen molar-refractivity contribution in [2.75, 3.05) is 13.2 Å². The average molecular weight is 311 g/mol. The number of ether oxygens (including phenoxy) is 1. The highest BCUT2D eigenvalue weighted by Crippen LogP contribution is 2.10. The summed E-state index contributed by atoms with van der Waals surface area (Å²) in [6, 6.07) is 20.4. The van der Waals surface area contributed by atoms with Crippen LogP contribution >= 0.6 is 0 Å². The van der Waals surface area contributed by atoms with Crippen LogP contribution in [0.3, 0.4) is 0 Å². The molecule has 2 rings (SSSR count). The molecule has 0 bridgehead atoms. The number of carbonyl (C=O) groups is 1. The molecule has 0 unspecified atom stereocenters. The van der Waals surface area contributed by atoms with Crippen molar-refractivity contribution in [1.82, 2.24) is 4.90 Å². The molecule has 3 nitrogen and oxygen atoms in total. The Morgan fingerprint density at radius 2 is 1.43 bits per heavy atom. The number of esters is 1. The highest BCUT2D eigenvalue weighted by atomic mass is 16.5. The fourth-order valence-electron chi connectivity index (χ4n) is 2.41. The van der Waals surface area contributed by atoms with Gasteiger partial charge in [-0.2, -0.15) is 0 Å². The van der Waals surface area contributed by atoms with Crippen molar-refractivity contribution in [3.63, 3.8) is 0 Å². The van der Waals surface area contributed by atoms with Crippen LogP contribution in [0.2, 0.25) is 0 Å². The summed E-state index contributed by atoms with van der Waals surface area (Å²) >= 11 is 0. The first kappa shape index (κ1) is 17.2. The first-order chi connectivity index (χ1) is 11.3. The molecular weight excluding hydrogens is 286 g/mol. The van der Waals surface area contributed by atoms with Crippen LogP contribution in [0.25, 0.3) is 0 Å². The van der Waals surface area contributed by atoms with Crippen LogP contribution in [0.1, 0.15) is 30.9 Å². The van der Waals surface area contributed by atoms with E-state index in [4.69, 9.17) is 4.74 Å². The largest absolute Gasteiger partial charge is 0.465 e. The van der Waals surface area contributed by atoms with E-state index >= 15 is 0 Å². The van der Waals surface area contributed by atoms with Crippen LogP contribution in [0.15, 0.2) is 60.7 Å². The highest BCUT2D eigenvalue weighted by molar-refractivity contribution is 5.71. The molecule has 0 saturated carbocycles. The van der Waals surface area contributed by atoms with Gasteiger partial charge in [-0.3, -0.25) is 9.69 Å². The summed E-state index contributed by atoms with van der Waals surface area (Å²) < 4.78 is 5.31. The molecule has 0 fully saturated rings. The second-order valence-corrected chi connectivity index (χ2v) is 5.69. The zero-order valence-electron chi connectivity index (χ0n) is 13.8. The molecule has 0 aliphatic heterocycles. The van der Waals surface area contributed by atoms with Crippen LogP contribution in [0, 0.1) is 0 Å². The van der Waals surface area contributed by atoms with Crippen LogP contribution in [0.4, 0.5) is 0 Å². The highest BCUT2D eigenvalue weighted by Gasteiger charge is 2.13. The number of rotatable bonds is 9. The van der Waals surface area contributed by atoms with Gasteiger partial charge in [-0.25, -0.2) is 0 Å². The third kappa shape index (κ3) is 6.66. The number of hydrogen-bond donors (Lipinski definition) is 0. The van der Waals surface area contributed by atoms with Crippen molar-refractivity contribution in [2.45, 2.75) is 32.9 Å². The van der Waals surface area contributed by atoms with E-state index in [9.17, 15) is 4.79 Å². The van der Waals surface area contributed by atoms with E-state index in [0.717, 1.165) is 25.9 Å². The molecule has 0 heterocycles. The summed E-state index contributed by atoms with van der Waals surface area (Å²) in [5.41, 5.74) is 2.40. The maximum atomic E-state index is 12.0. The minimum Gasteiger partial charge on any atom is -0.465 e. The Labute approximate surface area is 138 Å². The van der Waals surface area contributed by atoms with Crippen LogP contribution < -0.4 is 0 Å². The predicted molar refractivity (Wildman–Crippen MR) is 92.9 cm³/mol. The molecule has 0 aliphatic carbocycles. The Balaban J connectivity index is 1.97. The Morgan fingerprint density at radius 3 is 1.91 bits per heavy atom. The van der Waals surface area contributed by atoms with Crippen molar-refractivity contribution < 1.29 is 9.53 Å². The van der Waals surface area contributed by atoms with Gasteiger partial charge < -0.3 is 4.74 Å². The van der Waals surface area contributed by atoms with Gasteiger partial charge in [-0.05, 0) is 17.5 Å². The topological polar surface area (TPSA) is 29.5 Å². The van der Waals surface area contributed by atoms with E-state index in [2.05, 4.69) is 36.1 Å². The lowest BCUT2D eigenvalue weighted by atomic mass is 10.1. The number of benzene rings is 2. The molecule has 0 N–H and O–H groups in total. The molecule has 0 radical (unpaired) electrons. The molecule has 23 heavy (non-hydrogen) atoms. The van der Waals surface area contributed by atoms with Gasteiger partial charge in [0.1, 0.15) is 0 Å². The lowest BCUT2D eigenvalue weighted by Crippen LogP contribution is -2.30. The van der Waals surface area contributed by atoms with E-state index in [0.29, 0.717) is 13.2 Å². The van der Waals surface area contributed by atoms with Gasteiger partial charge in [0.15, 0.2) is 0 Å². The zero-order chi connectivity index (χ0) is 16.3. The molecule has 0 amide bonds. The molecule has 122 valence electrons. The van der Waals surface area contributed by atoms with E-state index in [1.54, 1.807) is 0 Å². The van der Waals surface area contributed by atoms with Crippen molar-refractivity contribution in [1.29, 1.82) is 0 Å². The Kier molecular flexibility index (Phi) is 7.34. The summed E-state index contributed by atoms with van der Waals surface area (Å²) in [7, 11) is 0. The molecule has 0 spiro atoms. The standard InChI is InChI=1S/C20H25NO2/c1-2-3-14-23-20(22)17-21(15-18-10-6-4-7-11-18)16-19-12-8-5-9-13-19/h4-13H,2-3,14-17H2,1H3. The van der Waals surface area contributed by atoms with E-state index < -0.39 is 0 Å².